The summed E-state index contributed by atoms with van der Waals surface area (Å²) in [6.45, 7) is 15.7. The number of likely N-dealkylation sites (tertiary alicyclic amines) is 1. The number of fused-ring (bicyclic) bond motifs is 2. The summed E-state index contributed by atoms with van der Waals surface area (Å²) in [5, 5.41) is 31.3. The highest BCUT2D eigenvalue weighted by Gasteiger charge is 2.82. The average Bonchev–Trinajstić information content (AvgIpc) is 3.80. The molecule has 2 aliphatic heterocycles. The largest absolute Gasteiger partial charge is 0.505 e. The highest BCUT2D eigenvalue weighted by molar-refractivity contribution is 5.63. The predicted molar refractivity (Wildman–Crippen MR) is 182 cm³/mol. The van der Waals surface area contributed by atoms with E-state index in [4.69, 9.17) is 28.8 Å². The summed E-state index contributed by atoms with van der Waals surface area (Å²) < 4.78 is 32.9. The van der Waals surface area contributed by atoms with E-state index in [0.29, 0.717) is 44.8 Å². The van der Waals surface area contributed by atoms with Crippen LogP contribution in [0.2, 0.25) is 0 Å². The third kappa shape index (κ3) is 6.04. The number of piperidine rings is 1. The van der Waals surface area contributed by atoms with Gasteiger partial charge in [-0.05, 0) is 88.3 Å². The van der Waals surface area contributed by atoms with Crippen molar-refractivity contribution in [1.82, 2.24) is 4.90 Å². The number of carboxylic acid groups (broad SMARTS) is 1. The first-order valence-electron chi connectivity index (χ1n) is 18.4. The molecule has 7 atom stereocenters. The number of phenols is 1. The molecule has 5 aliphatic carbocycles. The summed E-state index contributed by atoms with van der Waals surface area (Å²) in [6.07, 6.45) is 6.35. The second-order valence-electron chi connectivity index (χ2n) is 16.3. The lowest BCUT2D eigenvalue weighted by Gasteiger charge is -2.75. The molecule has 11 heteroatoms. The van der Waals surface area contributed by atoms with Crippen LogP contribution in [0.15, 0.2) is 12.1 Å². The lowest BCUT2D eigenvalue weighted by atomic mass is 9.33. The van der Waals surface area contributed by atoms with Gasteiger partial charge in [0.15, 0.2) is 11.5 Å². The van der Waals surface area contributed by atoms with Gasteiger partial charge in [-0.3, -0.25) is 4.90 Å². The maximum Gasteiger partial charge on any atom is 0.505 e. The Bertz CT molecular complexity index is 1340. The molecular formula is C38H59NO10. The van der Waals surface area contributed by atoms with Crippen molar-refractivity contribution in [2.75, 3.05) is 66.4 Å². The quantitative estimate of drug-likeness (QED) is 0.176. The molecule has 7 aliphatic rings. The maximum absolute atomic E-state index is 12.2. The smallest absolute Gasteiger partial charge is 0.504 e. The lowest BCUT2D eigenvalue weighted by molar-refractivity contribution is -0.312. The van der Waals surface area contributed by atoms with Crippen molar-refractivity contribution in [2.24, 2.45) is 22.7 Å². The van der Waals surface area contributed by atoms with Crippen molar-refractivity contribution >= 4 is 6.16 Å². The first-order valence-corrected chi connectivity index (χ1v) is 18.4. The predicted octanol–water partition coefficient (Wildman–Crippen LogP) is 5.16. The van der Waals surface area contributed by atoms with Gasteiger partial charge in [0, 0.05) is 48.6 Å². The van der Waals surface area contributed by atoms with Gasteiger partial charge in [-0.2, -0.15) is 0 Å². The number of aromatic hydroxyl groups is 1. The Labute approximate surface area is 291 Å². The van der Waals surface area contributed by atoms with Gasteiger partial charge in [0.05, 0.1) is 38.6 Å². The molecule has 1 saturated heterocycles. The van der Waals surface area contributed by atoms with Gasteiger partial charge in [-0.25, -0.2) is 4.79 Å². The molecule has 5 fully saturated rings. The van der Waals surface area contributed by atoms with Crippen molar-refractivity contribution in [2.45, 2.75) is 108 Å². The molecule has 0 aromatic heterocycles. The minimum Gasteiger partial charge on any atom is -0.504 e. The number of nitrogens with zero attached hydrogens (tertiary/aromatic N) is 1. The van der Waals surface area contributed by atoms with Gasteiger partial charge in [-0.1, -0.05) is 26.8 Å². The third-order valence-electron chi connectivity index (χ3n) is 13.3. The summed E-state index contributed by atoms with van der Waals surface area (Å²) in [4.78, 5) is 12.7. The summed E-state index contributed by atoms with van der Waals surface area (Å²) in [5.74, 6) is 1.80. The normalized spacial score (nSPS) is 33.6. The topological polar surface area (TPSA) is 136 Å². The molecule has 0 radical (unpaired) electrons. The zero-order valence-electron chi connectivity index (χ0n) is 30.4. The van der Waals surface area contributed by atoms with Crippen molar-refractivity contribution in [1.29, 1.82) is 0 Å². The van der Waals surface area contributed by atoms with Crippen molar-refractivity contribution < 1.29 is 48.5 Å². The van der Waals surface area contributed by atoms with Crippen LogP contribution < -0.4 is 4.74 Å². The lowest BCUT2D eigenvalue weighted by Crippen LogP contribution is -2.83. The molecule has 276 valence electrons. The number of benzene rings is 1. The van der Waals surface area contributed by atoms with Crippen molar-refractivity contribution in [3.05, 3.63) is 23.3 Å². The second-order valence-corrected chi connectivity index (χ2v) is 16.3. The van der Waals surface area contributed by atoms with Crippen LogP contribution in [0.25, 0.3) is 0 Å². The summed E-state index contributed by atoms with van der Waals surface area (Å²) >= 11 is 0. The second kappa shape index (κ2) is 13.8. The molecule has 11 nitrogen and oxygen atoms in total. The molecule has 1 aromatic carbocycles. The zero-order chi connectivity index (χ0) is 35.2. The van der Waals surface area contributed by atoms with Crippen LogP contribution in [0.3, 0.4) is 0 Å². The van der Waals surface area contributed by atoms with Gasteiger partial charge in [0.1, 0.15) is 18.3 Å². The molecule has 0 amide bonds. The molecule has 3 N–H and O–H groups in total. The van der Waals surface area contributed by atoms with Crippen LogP contribution in [0.5, 0.6) is 11.5 Å². The minimum absolute atomic E-state index is 0.0294. The van der Waals surface area contributed by atoms with E-state index >= 15 is 0 Å². The first kappa shape index (κ1) is 36.6. The van der Waals surface area contributed by atoms with E-state index in [2.05, 4.69) is 36.5 Å². The molecule has 1 aromatic rings. The molecule has 2 spiro atoms. The Morgan fingerprint density at radius 3 is 2.29 bits per heavy atom. The number of hydrogen-bond acceptors (Lipinski definition) is 10. The molecule has 49 heavy (non-hydrogen) atoms. The van der Waals surface area contributed by atoms with E-state index in [1.165, 1.54) is 30.5 Å². The van der Waals surface area contributed by atoms with E-state index in [0.717, 1.165) is 44.6 Å². The average molecular weight is 690 g/mol. The summed E-state index contributed by atoms with van der Waals surface area (Å²) in [7, 11) is 1.83. The van der Waals surface area contributed by atoms with E-state index in [1.54, 1.807) is 0 Å². The van der Waals surface area contributed by atoms with Gasteiger partial charge >= 0.3 is 6.16 Å². The third-order valence-corrected chi connectivity index (χ3v) is 13.3. The van der Waals surface area contributed by atoms with Crippen LogP contribution in [0.4, 0.5) is 4.79 Å². The van der Waals surface area contributed by atoms with Crippen LogP contribution >= 0.6 is 0 Å². The van der Waals surface area contributed by atoms with Gasteiger partial charge in [0.2, 0.25) is 0 Å². The Balaban J connectivity index is 0.000000237. The van der Waals surface area contributed by atoms with E-state index in [9.17, 15) is 15.0 Å². The molecule has 4 saturated carbocycles. The van der Waals surface area contributed by atoms with E-state index in [1.807, 2.05) is 27.0 Å². The number of hydrogen-bond donors (Lipinski definition) is 3. The number of aliphatic hydroxyl groups is 1. The number of carbonyl (C=O) groups is 1. The molecule has 4 bridgehead atoms. The van der Waals surface area contributed by atoms with Crippen LogP contribution in [0, 0.1) is 22.7 Å². The number of methoxy groups -OCH3 is 1. The highest BCUT2D eigenvalue weighted by atomic mass is 16.7. The standard InChI is InChI=1S/C29H41NO4.C9H18O6/c1-25(2,3)26(4,32)20-15-27-10-11-29(20,33-5)24-28(27)12-13-30(16-17-6-7-17)21(27)14-18-8-9-19(31)23(34-24)22(18)28;1-2-12-3-4-13-5-6-14-7-8-15-9(10)11/h8-9,17,20-21,24,31-32H,6-7,10-16H2,1-5H3;2-8H2,1H3,(H,10,11)/t20-,21-,24-,26+,27-,28+,29+;/m1./s1. The fourth-order valence-electron chi connectivity index (χ4n) is 10.4. The van der Waals surface area contributed by atoms with Crippen LogP contribution in [-0.4, -0.2) is 116 Å². The first-order chi connectivity index (χ1) is 23.3. The molecule has 0 unspecified atom stereocenters. The number of rotatable bonds is 14. The molecule has 8 rings (SSSR count). The maximum atomic E-state index is 12.2. The molecular weight excluding hydrogens is 630 g/mol. The Kier molecular flexibility index (Phi) is 10.3. The molecule has 2 heterocycles. The zero-order valence-corrected chi connectivity index (χ0v) is 30.4. The van der Waals surface area contributed by atoms with E-state index < -0.39 is 17.4 Å². The Hall–Kier alpha value is -2.15. The fourth-order valence-corrected chi connectivity index (χ4v) is 10.4. The fraction of sp³-hybridized carbons (Fsp3) is 0.816. The summed E-state index contributed by atoms with van der Waals surface area (Å²) in [6, 6.07) is 4.46. The van der Waals surface area contributed by atoms with Crippen LogP contribution in [0.1, 0.15) is 84.3 Å². The van der Waals surface area contributed by atoms with Crippen molar-refractivity contribution in [3.8, 4) is 11.5 Å². The highest BCUT2D eigenvalue weighted by Crippen LogP contribution is 2.78. The van der Waals surface area contributed by atoms with Gasteiger partial charge in [0.25, 0.3) is 0 Å². The minimum atomic E-state index is -1.29. The summed E-state index contributed by atoms with van der Waals surface area (Å²) in [5.41, 5.74) is 0.783. The monoisotopic (exact) mass is 689 g/mol. The van der Waals surface area contributed by atoms with Gasteiger partial charge in [-0.15, -0.1) is 0 Å². The SMILES string of the molecule is CCOCCOCCOCCOC(=O)O.CO[C@@]12CC[C@@]3(C[C@@H]1[C@](C)(O)C(C)(C)C)[C@H]1Cc4ccc(O)c5c4[C@@]3(CCN1CC1CC1)[C@H]2O5. The van der Waals surface area contributed by atoms with Crippen LogP contribution in [-0.2, 0) is 35.5 Å². The number of phenolic OH excluding ortho intramolecular Hbond substituents is 1. The number of ether oxygens (including phenoxy) is 6. The Morgan fingerprint density at radius 2 is 1.67 bits per heavy atom. The van der Waals surface area contributed by atoms with E-state index in [-0.39, 0.29) is 47.2 Å². The Morgan fingerprint density at radius 1 is 1.00 bits per heavy atom. The van der Waals surface area contributed by atoms with Gasteiger partial charge < -0.3 is 43.7 Å². The van der Waals surface area contributed by atoms with Crippen molar-refractivity contribution in [3.63, 3.8) is 0 Å².